The monoisotopic (exact) mass is 565 g/mol. The van der Waals surface area contributed by atoms with Gasteiger partial charge in [0.1, 0.15) is 24.5 Å². The second kappa shape index (κ2) is 11.1. The van der Waals surface area contributed by atoms with Gasteiger partial charge in [-0.3, -0.25) is 4.90 Å². The van der Waals surface area contributed by atoms with Crippen molar-refractivity contribution in [2.24, 2.45) is 0 Å². The molecule has 6 heteroatoms. The number of fused-ring (bicyclic) bond motifs is 3. The predicted molar refractivity (Wildman–Crippen MR) is 163 cm³/mol. The first-order chi connectivity index (χ1) is 20.0. The van der Waals surface area contributed by atoms with Gasteiger partial charge in [0.15, 0.2) is 12.1 Å². The zero-order valence-electron chi connectivity index (χ0n) is 23.7. The first-order valence-corrected chi connectivity index (χ1v) is 15.8. The molecule has 0 N–H and O–H groups in total. The highest BCUT2D eigenvalue weighted by Crippen LogP contribution is 2.47. The van der Waals surface area contributed by atoms with Crippen molar-refractivity contribution in [3.05, 3.63) is 126 Å². The Bertz CT molecular complexity index is 1430. The maximum absolute atomic E-state index is 7.13. The molecule has 0 unspecified atom stereocenters. The number of rotatable bonds is 6. The molecule has 0 saturated carbocycles. The van der Waals surface area contributed by atoms with E-state index < -0.39 is 20.0 Å². The lowest BCUT2D eigenvalue weighted by Gasteiger charge is -2.46. The lowest BCUT2D eigenvalue weighted by atomic mass is 10.00. The molecule has 41 heavy (non-hydrogen) atoms. The summed E-state index contributed by atoms with van der Waals surface area (Å²) in [7, 11) is -0.819. The van der Waals surface area contributed by atoms with Crippen LogP contribution in [0, 0.1) is 0 Å². The highest BCUT2D eigenvalue weighted by molar-refractivity contribution is 7.79. The Morgan fingerprint density at radius 3 is 1.95 bits per heavy atom. The number of hydrogen-bond donors (Lipinski definition) is 0. The van der Waals surface area contributed by atoms with Crippen molar-refractivity contribution < 1.29 is 18.9 Å². The van der Waals surface area contributed by atoms with E-state index in [-0.39, 0.29) is 30.6 Å². The fourth-order valence-corrected chi connectivity index (χ4v) is 8.88. The molecule has 3 aliphatic heterocycles. The standard InChI is InChI=1S/C35H36NO4P/c1-24(25-15-7-4-8-16-25)36-23-29-31(32-34(37-29)40-35(2,3)39-32)38-33(36)28-21-13-14-22-30(28)41(26-17-9-5-10-18-26)27-19-11-6-12-20-27/h4-22,24,29,31-34H,23H2,1-3H3/t24-,29-,31+,32-,33+,34-/m1/s1. The Morgan fingerprint density at radius 2 is 1.29 bits per heavy atom. The summed E-state index contributed by atoms with van der Waals surface area (Å²) in [5, 5.41) is 3.93. The normalized spacial score (nSPS) is 27.9. The van der Waals surface area contributed by atoms with Crippen LogP contribution in [0.3, 0.4) is 0 Å². The topological polar surface area (TPSA) is 40.2 Å². The third kappa shape index (κ3) is 5.17. The van der Waals surface area contributed by atoms with Crippen LogP contribution in [0.1, 0.15) is 44.2 Å². The van der Waals surface area contributed by atoms with Crippen LogP contribution < -0.4 is 15.9 Å². The minimum Gasteiger partial charge on any atom is -0.350 e. The summed E-state index contributed by atoms with van der Waals surface area (Å²) in [5.41, 5.74) is 2.44. The Kier molecular flexibility index (Phi) is 7.28. The van der Waals surface area contributed by atoms with Crippen LogP contribution in [-0.2, 0) is 18.9 Å². The molecule has 5 nitrogen and oxygen atoms in total. The van der Waals surface area contributed by atoms with Gasteiger partial charge in [-0.05, 0) is 50.2 Å². The van der Waals surface area contributed by atoms with E-state index in [0.717, 1.165) is 0 Å². The molecular weight excluding hydrogens is 529 g/mol. The van der Waals surface area contributed by atoms with E-state index in [1.807, 2.05) is 13.8 Å². The second-order valence-corrected chi connectivity index (χ2v) is 13.6. The van der Waals surface area contributed by atoms with Gasteiger partial charge >= 0.3 is 0 Å². The third-order valence-corrected chi connectivity index (χ3v) is 10.8. The van der Waals surface area contributed by atoms with E-state index in [2.05, 4.69) is 127 Å². The maximum Gasteiger partial charge on any atom is 0.190 e. The van der Waals surface area contributed by atoms with Crippen molar-refractivity contribution in [3.63, 3.8) is 0 Å². The van der Waals surface area contributed by atoms with Crippen LogP contribution in [0.25, 0.3) is 0 Å². The minimum absolute atomic E-state index is 0.109. The third-order valence-electron chi connectivity index (χ3n) is 8.32. The summed E-state index contributed by atoms with van der Waals surface area (Å²) >= 11 is 0. The second-order valence-electron chi connectivity index (χ2n) is 11.4. The number of benzene rings is 4. The highest BCUT2D eigenvalue weighted by Gasteiger charge is 2.58. The zero-order chi connectivity index (χ0) is 28.0. The molecule has 0 radical (unpaired) electrons. The van der Waals surface area contributed by atoms with E-state index in [1.165, 1.54) is 27.0 Å². The lowest BCUT2D eigenvalue weighted by Crippen LogP contribution is -2.53. The molecule has 3 aliphatic rings. The van der Waals surface area contributed by atoms with Gasteiger partial charge in [0.25, 0.3) is 0 Å². The molecule has 6 atom stereocenters. The van der Waals surface area contributed by atoms with Gasteiger partial charge in [0, 0.05) is 18.2 Å². The van der Waals surface area contributed by atoms with Crippen molar-refractivity contribution in [3.8, 4) is 0 Å². The largest absolute Gasteiger partial charge is 0.350 e. The van der Waals surface area contributed by atoms with Gasteiger partial charge in [-0.25, -0.2) is 0 Å². The van der Waals surface area contributed by atoms with E-state index in [4.69, 9.17) is 18.9 Å². The lowest BCUT2D eigenvalue weighted by molar-refractivity contribution is -0.255. The molecule has 0 bridgehead atoms. The Morgan fingerprint density at radius 1 is 0.707 bits per heavy atom. The molecule has 3 heterocycles. The van der Waals surface area contributed by atoms with Crippen molar-refractivity contribution in [2.75, 3.05) is 6.54 Å². The molecule has 3 saturated heterocycles. The Hall–Kier alpha value is -2.89. The van der Waals surface area contributed by atoms with Crippen LogP contribution in [0.2, 0.25) is 0 Å². The van der Waals surface area contributed by atoms with E-state index in [0.29, 0.717) is 6.54 Å². The molecule has 4 aromatic carbocycles. The van der Waals surface area contributed by atoms with Crippen LogP contribution in [-0.4, -0.2) is 41.8 Å². The number of ether oxygens (including phenoxy) is 4. The SMILES string of the molecule is C[C@H](c1ccccc1)N1C[C@H]2O[C@@H]3OC(C)(C)O[C@@H]3[C@H]2O[C@H]1c1ccccc1P(c1ccccc1)c1ccccc1. The molecule has 210 valence electrons. The predicted octanol–water partition coefficient (Wildman–Crippen LogP) is 5.78. The quantitative estimate of drug-likeness (QED) is 0.277. The maximum atomic E-state index is 7.13. The first-order valence-electron chi connectivity index (χ1n) is 14.4. The van der Waals surface area contributed by atoms with E-state index in [1.54, 1.807) is 0 Å². The summed E-state index contributed by atoms with van der Waals surface area (Å²) < 4.78 is 26.0. The van der Waals surface area contributed by atoms with Crippen molar-refractivity contribution in [1.82, 2.24) is 4.90 Å². The van der Waals surface area contributed by atoms with Gasteiger partial charge < -0.3 is 18.9 Å². The summed E-state index contributed by atoms with van der Waals surface area (Å²) in [6.45, 7) is 6.86. The summed E-state index contributed by atoms with van der Waals surface area (Å²) in [4.78, 5) is 2.45. The zero-order valence-corrected chi connectivity index (χ0v) is 24.6. The molecule has 0 aliphatic carbocycles. The fourth-order valence-electron chi connectivity index (χ4n) is 6.41. The minimum atomic E-state index is -0.819. The van der Waals surface area contributed by atoms with Crippen LogP contribution in [0.4, 0.5) is 0 Å². The molecule has 0 amide bonds. The van der Waals surface area contributed by atoms with E-state index in [9.17, 15) is 0 Å². The van der Waals surface area contributed by atoms with E-state index >= 15 is 0 Å². The average Bonchev–Trinajstić information content (AvgIpc) is 3.49. The van der Waals surface area contributed by atoms with Crippen molar-refractivity contribution >= 4 is 23.8 Å². The smallest absolute Gasteiger partial charge is 0.190 e. The molecule has 3 fully saturated rings. The van der Waals surface area contributed by atoms with Gasteiger partial charge in [-0.1, -0.05) is 115 Å². The van der Waals surface area contributed by atoms with Gasteiger partial charge in [0.05, 0.1) is 0 Å². The van der Waals surface area contributed by atoms with Gasteiger partial charge in [-0.2, -0.15) is 0 Å². The molecule has 0 spiro atoms. The van der Waals surface area contributed by atoms with Crippen molar-refractivity contribution in [1.29, 1.82) is 0 Å². The first kappa shape index (κ1) is 27.0. The fraction of sp³-hybridized carbons (Fsp3) is 0.314. The molecule has 0 aromatic heterocycles. The molecule has 4 aromatic rings. The summed E-state index contributed by atoms with van der Waals surface area (Å²) in [5.74, 6) is -0.694. The van der Waals surface area contributed by atoms with Crippen LogP contribution in [0.15, 0.2) is 115 Å². The number of nitrogens with zero attached hydrogens (tertiary/aromatic N) is 1. The van der Waals surface area contributed by atoms with Crippen LogP contribution >= 0.6 is 7.92 Å². The average molecular weight is 566 g/mol. The van der Waals surface area contributed by atoms with Crippen LogP contribution in [0.5, 0.6) is 0 Å². The molecule has 7 rings (SSSR count). The Balaban J connectivity index is 1.33. The van der Waals surface area contributed by atoms with Crippen molar-refractivity contribution in [2.45, 2.75) is 63.4 Å². The molecular formula is C35H36NO4P. The van der Waals surface area contributed by atoms with Gasteiger partial charge in [-0.15, -0.1) is 0 Å². The Labute approximate surface area is 243 Å². The summed E-state index contributed by atoms with van der Waals surface area (Å²) in [6, 6.07) is 41.3. The van der Waals surface area contributed by atoms with Gasteiger partial charge in [0.2, 0.25) is 0 Å². The number of hydrogen-bond acceptors (Lipinski definition) is 5. The highest BCUT2D eigenvalue weighted by atomic mass is 31.1. The summed E-state index contributed by atoms with van der Waals surface area (Å²) in [6.07, 6.45) is -1.33.